The number of nitrogens with one attached hydrogen (secondary N) is 1. The average Bonchev–Trinajstić information content (AvgIpc) is 2.84. The summed E-state index contributed by atoms with van der Waals surface area (Å²) in [6.07, 6.45) is 6.55. The third kappa shape index (κ3) is 5.59. The summed E-state index contributed by atoms with van der Waals surface area (Å²) >= 11 is 1.34. The Bertz CT molecular complexity index is 402. The number of esters is 1. The summed E-state index contributed by atoms with van der Waals surface area (Å²) in [5, 5.41) is 4.09. The van der Waals surface area contributed by atoms with Crippen molar-refractivity contribution >= 4 is 22.4 Å². The minimum Gasteiger partial charge on any atom is -0.465 e. The summed E-state index contributed by atoms with van der Waals surface area (Å²) in [4.78, 5) is 16.0. The smallest absolute Gasteiger partial charge is 0.349 e. The van der Waals surface area contributed by atoms with Crippen molar-refractivity contribution in [2.45, 2.75) is 46.5 Å². The summed E-state index contributed by atoms with van der Waals surface area (Å²) < 4.78 is 4.66. The second-order valence-electron chi connectivity index (χ2n) is 5.50. The summed E-state index contributed by atoms with van der Waals surface area (Å²) in [5.41, 5.74) is 0.242. The van der Waals surface area contributed by atoms with Crippen LogP contribution in [0.1, 0.15) is 56.1 Å². The first-order valence-electron chi connectivity index (χ1n) is 6.76. The molecular weight excluding hydrogens is 260 g/mol. The molecule has 0 aliphatic carbocycles. The van der Waals surface area contributed by atoms with Gasteiger partial charge in [-0.2, -0.15) is 0 Å². The van der Waals surface area contributed by atoms with Crippen LogP contribution in [0.5, 0.6) is 0 Å². The summed E-state index contributed by atoms with van der Waals surface area (Å²) in [5.74, 6) is -0.326. The molecule has 1 aromatic heterocycles. The Hall–Kier alpha value is -1.10. The highest BCUT2D eigenvalue weighted by atomic mass is 32.1. The highest BCUT2D eigenvalue weighted by Gasteiger charge is 2.18. The molecule has 1 aromatic rings. The average molecular weight is 284 g/mol. The van der Waals surface area contributed by atoms with Gasteiger partial charge in [0.15, 0.2) is 5.13 Å². The Balaban J connectivity index is 2.43. The van der Waals surface area contributed by atoms with Crippen LogP contribution in [0, 0.1) is 5.41 Å². The van der Waals surface area contributed by atoms with Gasteiger partial charge >= 0.3 is 5.97 Å². The summed E-state index contributed by atoms with van der Waals surface area (Å²) in [6, 6.07) is 0. The van der Waals surface area contributed by atoms with Gasteiger partial charge in [-0.3, -0.25) is 0 Å². The van der Waals surface area contributed by atoms with Crippen molar-refractivity contribution < 1.29 is 9.53 Å². The number of hydrogen-bond donors (Lipinski definition) is 1. The topological polar surface area (TPSA) is 51.2 Å². The van der Waals surface area contributed by atoms with E-state index in [4.69, 9.17) is 0 Å². The van der Waals surface area contributed by atoms with E-state index in [2.05, 4.69) is 35.8 Å². The molecule has 4 nitrogen and oxygen atoms in total. The second kappa shape index (κ2) is 7.48. The zero-order valence-electron chi connectivity index (χ0n) is 12.3. The van der Waals surface area contributed by atoms with E-state index in [1.807, 2.05) is 0 Å². The van der Waals surface area contributed by atoms with E-state index in [9.17, 15) is 4.79 Å². The summed E-state index contributed by atoms with van der Waals surface area (Å²) in [7, 11) is 1.38. The number of rotatable bonds is 8. The van der Waals surface area contributed by atoms with Gasteiger partial charge in [0, 0.05) is 6.54 Å². The molecule has 1 rings (SSSR count). The maximum absolute atomic E-state index is 11.3. The molecule has 0 fully saturated rings. The van der Waals surface area contributed by atoms with E-state index in [1.54, 1.807) is 6.20 Å². The van der Waals surface area contributed by atoms with E-state index >= 15 is 0 Å². The van der Waals surface area contributed by atoms with Gasteiger partial charge in [-0.05, 0) is 11.8 Å². The number of unbranched alkanes of at least 4 members (excludes halogenated alkanes) is 2. The number of methoxy groups -OCH3 is 1. The minimum atomic E-state index is -0.326. The molecule has 0 atom stereocenters. The maximum Gasteiger partial charge on any atom is 0.349 e. The van der Waals surface area contributed by atoms with Crippen LogP contribution < -0.4 is 5.32 Å². The minimum absolute atomic E-state index is 0.242. The van der Waals surface area contributed by atoms with E-state index in [-0.39, 0.29) is 11.4 Å². The lowest BCUT2D eigenvalue weighted by Crippen LogP contribution is -2.22. The first-order valence-corrected chi connectivity index (χ1v) is 7.58. The van der Waals surface area contributed by atoms with Crippen LogP contribution in [-0.2, 0) is 4.74 Å². The fraction of sp³-hybridized carbons (Fsp3) is 0.714. The van der Waals surface area contributed by atoms with E-state index in [1.165, 1.54) is 44.1 Å². The third-order valence-corrected chi connectivity index (χ3v) is 4.00. The predicted molar refractivity (Wildman–Crippen MR) is 79.9 cm³/mol. The lowest BCUT2D eigenvalue weighted by atomic mass is 9.87. The monoisotopic (exact) mass is 284 g/mol. The number of ether oxygens (including phenoxy) is 1. The van der Waals surface area contributed by atoms with Crippen LogP contribution in [0.15, 0.2) is 6.20 Å². The molecule has 0 spiro atoms. The van der Waals surface area contributed by atoms with E-state index < -0.39 is 0 Å². The molecule has 5 heteroatoms. The number of carbonyl (C=O) groups excluding carboxylic acids is 1. The number of hydrogen-bond acceptors (Lipinski definition) is 5. The van der Waals surface area contributed by atoms with Crippen molar-refractivity contribution in [3.05, 3.63) is 11.1 Å². The highest BCUT2D eigenvalue weighted by molar-refractivity contribution is 7.17. The summed E-state index contributed by atoms with van der Waals surface area (Å²) in [6.45, 7) is 7.59. The molecule has 1 heterocycles. The molecule has 108 valence electrons. The highest BCUT2D eigenvalue weighted by Crippen LogP contribution is 2.26. The van der Waals surface area contributed by atoms with Crippen LogP contribution in [0.25, 0.3) is 0 Å². The molecule has 0 aromatic carbocycles. The van der Waals surface area contributed by atoms with Crippen molar-refractivity contribution in [3.63, 3.8) is 0 Å². The molecule has 0 saturated carbocycles. The van der Waals surface area contributed by atoms with Crippen molar-refractivity contribution in [2.24, 2.45) is 5.41 Å². The van der Waals surface area contributed by atoms with Crippen molar-refractivity contribution in [1.82, 2.24) is 4.98 Å². The first-order chi connectivity index (χ1) is 8.98. The van der Waals surface area contributed by atoms with Gasteiger partial charge < -0.3 is 10.1 Å². The fourth-order valence-corrected chi connectivity index (χ4v) is 2.54. The molecule has 0 unspecified atom stereocenters. The number of carbonyl (C=O) groups is 1. The van der Waals surface area contributed by atoms with Crippen molar-refractivity contribution in [3.8, 4) is 0 Å². The van der Waals surface area contributed by atoms with Crippen molar-refractivity contribution in [1.29, 1.82) is 0 Å². The van der Waals surface area contributed by atoms with E-state index in [0.717, 1.165) is 11.7 Å². The van der Waals surface area contributed by atoms with Gasteiger partial charge in [-0.1, -0.05) is 51.4 Å². The standard InChI is InChI=1S/C14H24N2O2S/c1-5-6-7-8-14(2,3)10-16-13-15-9-11(19-13)12(17)18-4/h9H,5-8,10H2,1-4H3,(H,15,16). The zero-order valence-corrected chi connectivity index (χ0v) is 13.1. The number of anilines is 1. The zero-order chi connectivity index (χ0) is 14.3. The number of aromatic nitrogens is 1. The SMILES string of the molecule is CCCCCC(C)(C)CNc1ncc(C(=O)OC)s1. The normalized spacial score (nSPS) is 11.4. The lowest BCUT2D eigenvalue weighted by molar-refractivity contribution is 0.0606. The van der Waals surface area contributed by atoms with Gasteiger partial charge in [0.2, 0.25) is 0 Å². The first kappa shape index (κ1) is 16.0. The maximum atomic E-state index is 11.3. The van der Waals surface area contributed by atoms with Crippen LogP contribution >= 0.6 is 11.3 Å². The number of nitrogens with zero attached hydrogens (tertiary/aromatic N) is 1. The van der Waals surface area contributed by atoms with Crippen LogP contribution in [0.3, 0.4) is 0 Å². The number of thiazole rings is 1. The molecule has 19 heavy (non-hydrogen) atoms. The van der Waals surface area contributed by atoms with Crippen LogP contribution in [0.4, 0.5) is 5.13 Å². The van der Waals surface area contributed by atoms with E-state index in [0.29, 0.717) is 4.88 Å². The van der Waals surface area contributed by atoms with Gasteiger partial charge in [0.05, 0.1) is 13.3 Å². The Morgan fingerprint density at radius 3 is 2.84 bits per heavy atom. The van der Waals surface area contributed by atoms with Gasteiger partial charge in [-0.25, -0.2) is 9.78 Å². The molecule has 0 aliphatic rings. The predicted octanol–water partition coefficient (Wildman–Crippen LogP) is 3.95. The fourth-order valence-electron chi connectivity index (χ4n) is 1.81. The van der Waals surface area contributed by atoms with Crippen LogP contribution in [0.2, 0.25) is 0 Å². The van der Waals surface area contributed by atoms with Crippen LogP contribution in [-0.4, -0.2) is 24.6 Å². The quantitative estimate of drug-likeness (QED) is 0.580. The Kier molecular flexibility index (Phi) is 6.28. The molecular formula is C14H24N2O2S. The van der Waals surface area contributed by atoms with Gasteiger partial charge in [0.1, 0.15) is 4.88 Å². The Labute approximate surface area is 119 Å². The van der Waals surface area contributed by atoms with Gasteiger partial charge in [-0.15, -0.1) is 0 Å². The Morgan fingerprint density at radius 2 is 2.21 bits per heavy atom. The molecule has 0 radical (unpaired) electrons. The molecule has 0 aliphatic heterocycles. The molecule has 1 N–H and O–H groups in total. The van der Waals surface area contributed by atoms with Gasteiger partial charge in [0.25, 0.3) is 0 Å². The molecule has 0 saturated heterocycles. The molecule has 0 bridgehead atoms. The third-order valence-electron chi connectivity index (χ3n) is 3.07. The second-order valence-corrected chi connectivity index (χ2v) is 6.53. The van der Waals surface area contributed by atoms with Crippen molar-refractivity contribution in [2.75, 3.05) is 19.0 Å². The largest absolute Gasteiger partial charge is 0.465 e. The lowest BCUT2D eigenvalue weighted by Gasteiger charge is -2.24. The Morgan fingerprint density at radius 1 is 1.47 bits per heavy atom. The molecule has 0 amide bonds.